The maximum Gasteiger partial charge on any atom is 0.165 e. The molecule has 1 aliphatic heterocycles. The van der Waals surface area contributed by atoms with E-state index in [1.165, 1.54) is 6.42 Å². The number of hydrogen-bond acceptors (Lipinski definition) is 2. The molecule has 0 aromatic heterocycles. The summed E-state index contributed by atoms with van der Waals surface area (Å²) in [6.45, 7) is 7.32. The molecule has 1 saturated heterocycles. The number of carbonyl (C=O) groups excluding carboxylic acids is 1. The van der Waals surface area contributed by atoms with Gasteiger partial charge in [-0.05, 0) is 39.7 Å². The predicted octanol–water partition coefficient (Wildman–Crippen LogP) is 2.50. The number of carbonyl (C=O) groups is 1. The van der Waals surface area contributed by atoms with Crippen molar-refractivity contribution in [2.75, 3.05) is 13.6 Å². The van der Waals surface area contributed by atoms with Gasteiger partial charge in [-0.1, -0.05) is 29.5 Å². The molecule has 1 aliphatic rings. The summed E-state index contributed by atoms with van der Waals surface area (Å²) in [5.74, 6) is 1.12. The van der Waals surface area contributed by atoms with Crippen LogP contribution >= 0.6 is 22.6 Å². The molecule has 0 spiro atoms. The molecule has 0 bridgehead atoms. The molecule has 0 aromatic carbocycles. The highest BCUT2D eigenvalue weighted by Crippen LogP contribution is 2.27. The molecule has 1 fully saturated rings. The Morgan fingerprint density at radius 2 is 2.00 bits per heavy atom. The van der Waals surface area contributed by atoms with Gasteiger partial charge in [0.2, 0.25) is 0 Å². The van der Waals surface area contributed by atoms with Crippen LogP contribution in [0.3, 0.4) is 0 Å². The second-order valence-electron chi connectivity index (χ2n) is 4.97. The molecule has 2 nitrogen and oxygen atoms in total. The quantitative estimate of drug-likeness (QED) is 0.577. The first-order chi connectivity index (χ1) is 6.32. The molecule has 0 aromatic rings. The summed E-state index contributed by atoms with van der Waals surface area (Å²) in [6.07, 6.45) is 2.22. The highest BCUT2D eigenvalue weighted by Gasteiger charge is 2.35. The third kappa shape index (κ3) is 2.92. The van der Waals surface area contributed by atoms with Crippen LogP contribution in [0.5, 0.6) is 0 Å². The number of halogens is 1. The summed E-state index contributed by atoms with van der Waals surface area (Å²) in [5, 5.41) is 0. The van der Waals surface area contributed by atoms with Crippen molar-refractivity contribution in [3.8, 4) is 0 Å². The molecule has 1 rings (SSSR count). The average molecular weight is 309 g/mol. The summed E-state index contributed by atoms with van der Waals surface area (Å²) in [7, 11) is 2.07. The number of likely N-dealkylation sites (tertiary alicyclic amines) is 1. The van der Waals surface area contributed by atoms with Crippen molar-refractivity contribution < 1.29 is 4.79 Å². The largest absolute Gasteiger partial charge is 0.296 e. The molecule has 3 heteroatoms. The van der Waals surface area contributed by atoms with Crippen LogP contribution in [0.15, 0.2) is 0 Å². The molecule has 0 N–H and O–H groups in total. The van der Waals surface area contributed by atoms with E-state index in [1.807, 2.05) is 13.8 Å². The molecular weight excluding hydrogens is 289 g/mol. The minimum atomic E-state index is -0.225. The van der Waals surface area contributed by atoms with Gasteiger partial charge in [0.25, 0.3) is 0 Å². The molecule has 2 atom stereocenters. The van der Waals surface area contributed by atoms with E-state index in [-0.39, 0.29) is 9.46 Å². The van der Waals surface area contributed by atoms with E-state index in [9.17, 15) is 4.79 Å². The van der Waals surface area contributed by atoms with E-state index in [0.717, 1.165) is 18.9 Å². The molecule has 0 amide bonds. The highest BCUT2D eigenvalue weighted by atomic mass is 127. The summed E-state index contributed by atoms with van der Waals surface area (Å²) in [6, 6.07) is 0.151. The highest BCUT2D eigenvalue weighted by molar-refractivity contribution is 14.1. The van der Waals surface area contributed by atoms with Crippen molar-refractivity contribution in [1.29, 1.82) is 0 Å². The van der Waals surface area contributed by atoms with Crippen LogP contribution in [0.4, 0.5) is 0 Å². The van der Waals surface area contributed by atoms with Gasteiger partial charge in [0.05, 0.1) is 9.46 Å². The average Bonchev–Trinajstić information content (AvgIpc) is 2.01. The molecule has 82 valence electrons. The van der Waals surface area contributed by atoms with Crippen molar-refractivity contribution in [3.05, 3.63) is 0 Å². The van der Waals surface area contributed by atoms with Crippen LogP contribution in [0.25, 0.3) is 0 Å². The van der Waals surface area contributed by atoms with Crippen LogP contribution in [0.2, 0.25) is 0 Å². The first-order valence-electron chi connectivity index (χ1n) is 5.26. The van der Waals surface area contributed by atoms with Crippen molar-refractivity contribution >= 4 is 28.4 Å². The van der Waals surface area contributed by atoms with E-state index in [0.29, 0.717) is 5.78 Å². The summed E-state index contributed by atoms with van der Waals surface area (Å²) >= 11 is 2.24. The standard InChI is InChI=1S/C11H20INO/c1-8-5-6-9(13(4)7-8)10(14)11(2,3)12/h8-9H,5-7H2,1-4H3. The van der Waals surface area contributed by atoms with Crippen LogP contribution < -0.4 is 0 Å². The normalized spacial score (nSPS) is 30.4. The zero-order valence-electron chi connectivity index (χ0n) is 9.51. The van der Waals surface area contributed by atoms with E-state index < -0.39 is 0 Å². The second-order valence-corrected chi connectivity index (χ2v) is 7.67. The van der Waals surface area contributed by atoms with Crippen molar-refractivity contribution in [3.63, 3.8) is 0 Å². The Morgan fingerprint density at radius 1 is 1.43 bits per heavy atom. The second kappa shape index (κ2) is 4.47. The van der Waals surface area contributed by atoms with Gasteiger partial charge in [0.15, 0.2) is 5.78 Å². The Bertz CT molecular complexity index is 222. The van der Waals surface area contributed by atoms with Gasteiger partial charge in [-0.3, -0.25) is 9.69 Å². The molecule has 2 unspecified atom stereocenters. The number of likely N-dealkylation sites (N-methyl/N-ethyl adjacent to an activating group) is 1. The van der Waals surface area contributed by atoms with E-state index >= 15 is 0 Å². The fraction of sp³-hybridized carbons (Fsp3) is 0.909. The molecule has 14 heavy (non-hydrogen) atoms. The lowest BCUT2D eigenvalue weighted by Gasteiger charge is -2.37. The predicted molar refractivity (Wildman–Crippen MR) is 67.9 cm³/mol. The van der Waals surface area contributed by atoms with Crippen LogP contribution in [-0.2, 0) is 4.79 Å². The Labute approximate surface area is 101 Å². The first-order valence-corrected chi connectivity index (χ1v) is 6.33. The van der Waals surface area contributed by atoms with E-state index in [4.69, 9.17) is 0 Å². The number of ketones is 1. The minimum Gasteiger partial charge on any atom is -0.296 e. The SMILES string of the molecule is CC1CCC(C(=O)C(C)(C)I)N(C)C1. The van der Waals surface area contributed by atoms with Gasteiger partial charge in [0, 0.05) is 6.54 Å². The lowest BCUT2D eigenvalue weighted by atomic mass is 9.89. The monoisotopic (exact) mass is 309 g/mol. The van der Waals surface area contributed by atoms with E-state index in [2.05, 4.69) is 41.5 Å². The zero-order chi connectivity index (χ0) is 10.9. The lowest BCUT2D eigenvalue weighted by Crippen LogP contribution is -2.49. The number of piperidine rings is 1. The maximum atomic E-state index is 12.1. The number of Topliss-reactive ketones (excluding diaryl/α,β-unsaturated/α-hetero) is 1. The van der Waals surface area contributed by atoms with Crippen molar-refractivity contribution in [2.24, 2.45) is 5.92 Å². The molecule has 0 radical (unpaired) electrons. The Morgan fingerprint density at radius 3 is 2.43 bits per heavy atom. The number of rotatable bonds is 2. The van der Waals surface area contributed by atoms with Crippen LogP contribution in [0.1, 0.15) is 33.6 Å². The number of nitrogens with zero attached hydrogens (tertiary/aromatic N) is 1. The van der Waals surface area contributed by atoms with Gasteiger partial charge in [0.1, 0.15) is 0 Å². The summed E-state index contributed by atoms with van der Waals surface area (Å²) in [5.41, 5.74) is 0. The summed E-state index contributed by atoms with van der Waals surface area (Å²) < 4.78 is -0.225. The van der Waals surface area contributed by atoms with Crippen molar-refractivity contribution in [2.45, 2.75) is 43.1 Å². The Balaban J connectivity index is 2.65. The van der Waals surface area contributed by atoms with Crippen LogP contribution in [-0.4, -0.2) is 33.7 Å². The fourth-order valence-electron chi connectivity index (χ4n) is 2.10. The van der Waals surface area contributed by atoms with Gasteiger partial charge in [-0.2, -0.15) is 0 Å². The first kappa shape index (κ1) is 12.4. The molecule has 1 heterocycles. The van der Waals surface area contributed by atoms with Gasteiger partial charge in [-0.25, -0.2) is 0 Å². The molecule has 0 saturated carbocycles. The maximum absolute atomic E-state index is 12.1. The van der Waals surface area contributed by atoms with Crippen molar-refractivity contribution in [1.82, 2.24) is 4.90 Å². The van der Waals surface area contributed by atoms with Gasteiger partial charge in [-0.15, -0.1) is 0 Å². The Hall–Kier alpha value is 0.360. The zero-order valence-corrected chi connectivity index (χ0v) is 11.7. The third-order valence-corrected chi connectivity index (χ3v) is 3.48. The fourth-order valence-corrected chi connectivity index (χ4v) is 2.46. The van der Waals surface area contributed by atoms with Gasteiger partial charge < -0.3 is 0 Å². The number of hydrogen-bond donors (Lipinski definition) is 0. The smallest absolute Gasteiger partial charge is 0.165 e. The lowest BCUT2D eigenvalue weighted by molar-refractivity contribution is -0.126. The van der Waals surface area contributed by atoms with E-state index in [1.54, 1.807) is 0 Å². The van der Waals surface area contributed by atoms with Gasteiger partial charge >= 0.3 is 0 Å². The summed E-state index contributed by atoms with van der Waals surface area (Å²) in [4.78, 5) is 14.3. The number of alkyl halides is 1. The Kier molecular flexibility index (Phi) is 3.97. The molecule has 0 aliphatic carbocycles. The van der Waals surface area contributed by atoms with Crippen LogP contribution in [0, 0.1) is 5.92 Å². The minimum absolute atomic E-state index is 0.151. The topological polar surface area (TPSA) is 20.3 Å². The third-order valence-electron chi connectivity index (χ3n) is 2.95. The molecular formula is C11H20INO.